The second-order valence-electron chi connectivity index (χ2n) is 3.46. The third kappa shape index (κ3) is 4.06. The number of ether oxygens (including phenoxy) is 1. The zero-order chi connectivity index (χ0) is 8.81. The Morgan fingerprint density at radius 1 is 1.67 bits per heavy atom. The number of hydrogen-bond donors (Lipinski definition) is 1. The first-order chi connectivity index (χ1) is 5.83. The molecule has 1 rings (SSSR count). The number of thioether (sulfide) groups is 1. The summed E-state index contributed by atoms with van der Waals surface area (Å²) in [6, 6.07) is 0. The highest BCUT2D eigenvalue weighted by Gasteiger charge is 2.15. The highest BCUT2D eigenvalue weighted by Crippen LogP contribution is 2.18. The Labute approximate surface area is 85.0 Å². The van der Waals surface area contributed by atoms with E-state index in [-0.39, 0.29) is 0 Å². The molecule has 2 atom stereocenters. The molecule has 0 spiro atoms. The molecular weight excluding hydrogens is 188 g/mol. The minimum Gasteiger partial charge on any atom is -0.377 e. The van der Waals surface area contributed by atoms with Crippen LogP contribution in [-0.4, -0.2) is 30.0 Å². The quantitative estimate of drug-likeness (QED) is 0.692. The molecule has 0 saturated carbocycles. The molecule has 1 heterocycles. The fourth-order valence-electron chi connectivity index (χ4n) is 1.23. The normalized spacial score (nSPS) is 26.0. The number of rotatable bonds is 5. The van der Waals surface area contributed by atoms with Crippen LogP contribution in [0.15, 0.2) is 0 Å². The van der Waals surface area contributed by atoms with E-state index in [4.69, 9.17) is 4.74 Å². The summed E-state index contributed by atoms with van der Waals surface area (Å²) in [5, 5.41) is 0. The molecule has 1 fully saturated rings. The van der Waals surface area contributed by atoms with Crippen molar-refractivity contribution >= 4 is 24.4 Å². The van der Waals surface area contributed by atoms with Crippen molar-refractivity contribution in [2.45, 2.75) is 25.9 Å². The molecule has 0 bridgehead atoms. The Morgan fingerprint density at radius 3 is 3.08 bits per heavy atom. The van der Waals surface area contributed by atoms with Crippen molar-refractivity contribution < 1.29 is 4.74 Å². The molecule has 0 aromatic heterocycles. The Morgan fingerprint density at radius 2 is 2.50 bits per heavy atom. The summed E-state index contributed by atoms with van der Waals surface area (Å²) < 4.78 is 5.53. The van der Waals surface area contributed by atoms with Gasteiger partial charge in [0.2, 0.25) is 0 Å². The molecule has 1 aliphatic rings. The van der Waals surface area contributed by atoms with Gasteiger partial charge >= 0.3 is 0 Å². The zero-order valence-electron chi connectivity index (χ0n) is 7.66. The number of hydrogen-bond acceptors (Lipinski definition) is 3. The molecule has 1 nitrogen and oxygen atoms in total. The van der Waals surface area contributed by atoms with Crippen molar-refractivity contribution in [2.75, 3.05) is 23.9 Å². The van der Waals surface area contributed by atoms with Crippen LogP contribution < -0.4 is 0 Å². The van der Waals surface area contributed by atoms with Gasteiger partial charge in [0.15, 0.2) is 0 Å². The van der Waals surface area contributed by atoms with Crippen LogP contribution in [0.4, 0.5) is 0 Å². The van der Waals surface area contributed by atoms with Crippen LogP contribution in [-0.2, 0) is 4.74 Å². The Bertz CT molecular complexity index is 113. The van der Waals surface area contributed by atoms with Crippen LogP contribution >= 0.6 is 24.4 Å². The average molecular weight is 206 g/mol. The van der Waals surface area contributed by atoms with E-state index in [0.29, 0.717) is 6.10 Å². The molecule has 2 unspecified atom stereocenters. The summed E-state index contributed by atoms with van der Waals surface area (Å²) in [5.74, 6) is 4.14. The topological polar surface area (TPSA) is 9.23 Å². The molecule has 12 heavy (non-hydrogen) atoms. The van der Waals surface area contributed by atoms with E-state index < -0.39 is 0 Å². The first-order valence-electron chi connectivity index (χ1n) is 4.63. The Hall–Kier alpha value is 0.660. The monoisotopic (exact) mass is 206 g/mol. The van der Waals surface area contributed by atoms with E-state index in [0.717, 1.165) is 18.3 Å². The van der Waals surface area contributed by atoms with Crippen molar-refractivity contribution in [3.8, 4) is 0 Å². The van der Waals surface area contributed by atoms with Gasteiger partial charge in [0.05, 0.1) is 6.10 Å². The fourth-order valence-corrected chi connectivity index (χ4v) is 2.72. The maximum Gasteiger partial charge on any atom is 0.0666 e. The molecule has 0 N–H and O–H groups in total. The molecule has 72 valence electrons. The van der Waals surface area contributed by atoms with Gasteiger partial charge in [-0.05, 0) is 30.3 Å². The molecule has 0 aromatic carbocycles. The van der Waals surface area contributed by atoms with Crippen LogP contribution in [0.25, 0.3) is 0 Å². The molecule has 3 heteroatoms. The van der Waals surface area contributed by atoms with Crippen LogP contribution in [0.5, 0.6) is 0 Å². The van der Waals surface area contributed by atoms with Gasteiger partial charge in [-0.1, -0.05) is 6.92 Å². The smallest absolute Gasteiger partial charge is 0.0666 e. The molecule has 0 radical (unpaired) electrons. The maximum atomic E-state index is 5.53. The average Bonchev–Trinajstić information content (AvgIpc) is 2.57. The van der Waals surface area contributed by atoms with E-state index in [1.165, 1.54) is 24.3 Å². The molecule has 1 aliphatic heterocycles. The van der Waals surface area contributed by atoms with Crippen molar-refractivity contribution in [3.63, 3.8) is 0 Å². The first-order valence-corrected chi connectivity index (χ1v) is 6.42. The predicted octanol–water partition coefficient (Wildman–Crippen LogP) is 2.46. The van der Waals surface area contributed by atoms with Crippen molar-refractivity contribution in [2.24, 2.45) is 5.92 Å². The van der Waals surface area contributed by atoms with Gasteiger partial charge in [-0.3, -0.25) is 0 Å². The van der Waals surface area contributed by atoms with E-state index in [2.05, 4.69) is 19.6 Å². The lowest BCUT2D eigenvalue weighted by Gasteiger charge is -2.10. The SMILES string of the molecule is CC(CS)CSCC1CCCO1. The van der Waals surface area contributed by atoms with Crippen LogP contribution in [0.2, 0.25) is 0 Å². The highest BCUT2D eigenvalue weighted by atomic mass is 32.2. The van der Waals surface area contributed by atoms with Gasteiger partial charge in [0.25, 0.3) is 0 Å². The Kier molecular flexibility index (Phi) is 5.52. The standard InChI is InChI=1S/C9H18OS2/c1-8(5-11)6-12-7-9-3-2-4-10-9/h8-9,11H,2-7H2,1H3. The zero-order valence-corrected chi connectivity index (χ0v) is 9.37. The summed E-state index contributed by atoms with van der Waals surface area (Å²) >= 11 is 6.26. The summed E-state index contributed by atoms with van der Waals surface area (Å²) in [7, 11) is 0. The molecular formula is C9H18OS2. The third-order valence-electron chi connectivity index (χ3n) is 2.04. The number of thiol groups is 1. The second-order valence-corrected chi connectivity index (χ2v) is 4.90. The fraction of sp³-hybridized carbons (Fsp3) is 1.00. The molecule has 0 amide bonds. The largest absolute Gasteiger partial charge is 0.377 e. The second kappa shape index (κ2) is 6.17. The summed E-state index contributed by atoms with van der Waals surface area (Å²) in [6.07, 6.45) is 3.07. The van der Waals surface area contributed by atoms with Gasteiger partial charge in [0.1, 0.15) is 0 Å². The van der Waals surface area contributed by atoms with Crippen LogP contribution in [0.3, 0.4) is 0 Å². The predicted molar refractivity (Wildman–Crippen MR) is 59.3 cm³/mol. The van der Waals surface area contributed by atoms with Gasteiger partial charge in [-0.2, -0.15) is 24.4 Å². The van der Waals surface area contributed by atoms with Crippen LogP contribution in [0, 0.1) is 5.92 Å². The molecule has 0 aliphatic carbocycles. The minimum atomic E-state index is 0.544. The van der Waals surface area contributed by atoms with E-state index in [1.54, 1.807) is 0 Å². The lowest BCUT2D eigenvalue weighted by molar-refractivity contribution is 0.129. The maximum absolute atomic E-state index is 5.53. The summed E-state index contributed by atoms with van der Waals surface area (Å²) in [4.78, 5) is 0. The first kappa shape index (κ1) is 10.7. The summed E-state index contributed by atoms with van der Waals surface area (Å²) in [5.41, 5.74) is 0. The lowest BCUT2D eigenvalue weighted by Crippen LogP contribution is -2.10. The lowest BCUT2D eigenvalue weighted by atomic mass is 10.3. The van der Waals surface area contributed by atoms with Gasteiger partial charge in [-0.25, -0.2) is 0 Å². The van der Waals surface area contributed by atoms with E-state index in [9.17, 15) is 0 Å². The van der Waals surface area contributed by atoms with Crippen molar-refractivity contribution in [3.05, 3.63) is 0 Å². The van der Waals surface area contributed by atoms with Crippen molar-refractivity contribution in [1.82, 2.24) is 0 Å². The minimum absolute atomic E-state index is 0.544. The van der Waals surface area contributed by atoms with Gasteiger partial charge in [0, 0.05) is 12.4 Å². The van der Waals surface area contributed by atoms with E-state index >= 15 is 0 Å². The summed E-state index contributed by atoms with van der Waals surface area (Å²) in [6.45, 7) is 3.23. The van der Waals surface area contributed by atoms with E-state index in [1.807, 2.05) is 11.8 Å². The highest BCUT2D eigenvalue weighted by molar-refractivity contribution is 7.99. The molecule has 0 aromatic rings. The van der Waals surface area contributed by atoms with Gasteiger partial charge < -0.3 is 4.74 Å². The van der Waals surface area contributed by atoms with Crippen molar-refractivity contribution in [1.29, 1.82) is 0 Å². The third-order valence-corrected chi connectivity index (χ3v) is 4.08. The molecule has 1 saturated heterocycles. The van der Waals surface area contributed by atoms with Gasteiger partial charge in [-0.15, -0.1) is 0 Å². The van der Waals surface area contributed by atoms with Crippen LogP contribution in [0.1, 0.15) is 19.8 Å². The Balaban J connectivity index is 1.94.